The van der Waals surface area contributed by atoms with E-state index in [4.69, 9.17) is 4.74 Å². The topological polar surface area (TPSA) is 18.5 Å². The van der Waals surface area contributed by atoms with Gasteiger partial charge in [-0.3, -0.25) is 0 Å². The summed E-state index contributed by atoms with van der Waals surface area (Å²) in [6.07, 6.45) is -2.67. The molecular weight excluding hydrogens is 283 g/mol. The minimum absolute atomic E-state index is 0.187. The molecule has 1 atom stereocenters. The molecule has 20 heavy (non-hydrogen) atoms. The summed E-state index contributed by atoms with van der Waals surface area (Å²) in [6, 6.07) is 2.07. The van der Waals surface area contributed by atoms with Gasteiger partial charge in [-0.05, 0) is 18.6 Å². The fraction of sp³-hybridized carbons (Fsp3) is 0.385. The summed E-state index contributed by atoms with van der Waals surface area (Å²) in [4.78, 5) is 0. The van der Waals surface area contributed by atoms with Crippen LogP contribution in [0.4, 0.5) is 22.0 Å². The van der Waals surface area contributed by atoms with Gasteiger partial charge >= 0.3 is 0 Å². The summed E-state index contributed by atoms with van der Waals surface area (Å²) in [5.41, 5.74) is 0. The zero-order chi connectivity index (χ0) is 15.1. The van der Waals surface area contributed by atoms with E-state index in [0.29, 0.717) is 6.08 Å². The molecule has 7 heteroatoms. The fourth-order valence-corrected chi connectivity index (χ4v) is 1.23. The third kappa shape index (κ3) is 4.71. The van der Waals surface area contributed by atoms with E-state index in [2.05, 4.69) is 4.74 Å². The Hall–Kier alpha value is -1.79. The highest BCUT2D eigenvalue weighted by Gasteiger charge is 2.16. The summed E-state index contributed by atoms with van der Waals surface area (Å²) < 4.78 is 72.9. The average molecular weight is 296 g/mol. The van der Waals surface area contributed by atoms with Gasteiger partial charge in [0.15, 0.2) is 11.5 Å². The molecule has 0 N–H and O–H groups in total. The fourth-order valence-electron chi connectivity index (χ4n) is 1.23. The van der Waals surface area contributed by atoms with Crippen LogP contribution in [0.15, 0.2) is 24.3 Å². The van der Waals surface area contributed by atoms with Gasteiger partial charge in [-0.1, -0.05) is 6.92 Å². The van der Waals surface area contributed by atoms with Gasteiger partial charge in [0.2, 0.25) is 11.6 Å². The second-order valence-corrected chi connectivity index (χ2v) is 3.81. The molecule has 0 aliphatic heterocycles. The molecule has 0 fully saturated rings. The first-order valence-electron chi connectivity index (χ1n) is 5.84. The number of ether oxygens (including phenoxy) is 2. The summed E-state index contributed by atoms with van der Waals surface area (Å²) in [5, 5.41) is 0. The molecule has 1 aromatic carbocycles. The van der Waals surface area contributed by atoms with Crippen molar-refractivity contribution in [3.8, 4) is 11.5 Å². The van der Waals surface area contributed by atoms with Crippen molar-refractivity contribution in [1.82, 2.24) is 0 Å². The van der Waals surface area contributed by atoms with Crippen molar-refractivity contribution in [3.05, 3.63) is 35.9 Å². The van der Waals surface area contributed by atoms with E-state index in [0.717, 1.165) is 12.1 Å². The quantitative estimate of drug-likeness (QED) is 0.700. The third-order valence-electron chi connectivity index (χ3n) is 2.35. The first-order chi connectivity index (χ1) is 9.45. The number of rotatable bonds is 7. The Morgan fingerprint density at radius 2 is 1.70 bits per heavy atom. The van der Waals surface area contributed by atoms with Crippen LogP contribution in [-0.4, -0.2) is 19.4 Å². The van der Waals surface area contributed by atoms with Crippen molar-refractivity contribution in [1.29, 1.82) is 0 Å². The van der Waals surface area contributed by atoms with Gasteiger partial charge in [0.05, 0.1) is 0 Å². The maximum Gasteiger partial charge on any atom is 0.269 e. The molecule has 0 aliphatic rings. The largest absolute Gasteiger partial charge is 0.487 e. The Labute approximate surface area is 112 Å². The third-order valence-corrected chi connectivity index (χ3v) is 2.35. The summed E-state index contributed by atoms with van der Waals surface area (Å²) in [5.74, 6) is -3.71. The minimum Gasteiger partial charge on any atom is -0.487 e. The second-order valence-electron chi connectivity index (χ2n) is 3.81. The molecule has 0 aliphatic carbocycles. The van der Waals surface area contributed by atoms with E-state index in [1.807, 2.05) is 0 Å². The summed E-state index contributed by atoms with van der Waals surface area (Å²) >= 11 is 0. The molecule has 1 unspecified atom stereocenters. The molecule has 1 aromatic rings. The summed E-state index contributed by atoms with van der Waals surface area (Å²) in [6.45, 7) is 0.587. The van der Waals surface area contributed by atoms with Gasteiger partial charge in [0, 0.05) is 6.08 Å². The van der Waals surface area contributed by atoms with Crippen molar-refractivity contribution in [2.24, 2.45) is 0 Å². The number of alkyl halides is 1. The van der Waals surface area contributed by atoms with E-state index < -0.39 is 48.6 Å². The Kier molecular flexibility index (Phi) is 6.27. The van der Waals surface area contributed by atoms with E-state index in [1.165, 1.54) is 0 Å². The molecule has 0 heterocycles. The lowest BCUT2D eigenvalue weighted by Gasteiger charge is -2.11. The van der Waals surface area contributed by atoms with Crippen LogP contribution >= 0.6 is 0 Å². The average Bonchev–Trinajstić information content (AvgIpc) is 2.41. The van der Waals surface area contributed by atoms with Crippen LogP contribution < -0.4 is 9.47 Å². The zero-order valence-electron chi connectivity index (χ0n) is 10.6. The van der Waals surface area contributed by atoms with Crippen molar-refractivity contribution < 1.29 is 31.4 Å². The van der Waals surface area contributed by atoms with Crippen molar-refractivity contribution in [3.63, 3.8) is 0 Å². The van der Waals surface area contributed by atoms with Crippen LogP contribution in [-0.2, 0) is 0 Å². The molecule has 0 amide bonds. The van der Waals surface area contributed by atoms with Gasteiger partial charge in [0.1, 0.15) is 19.4 Å². The highest BCUT2D eigenvalue weighted by Crippen LogP contribution is 2.28. The predicted octanol–water partition coefficient (Wildman–Crippen LogP) is 4.25. The van der Waals surface area contributed by atoms with Crippen LogP contribution in [0.3, 0.4) is 0 Å². The van der Waals surface area contributed by atoms with Crippen LogP contribution in [0.1, 0.15) is 13.3 Å². The Balaban J connectivity index is 2.73. The molecule has 0 aromatic heterocycles. The smallest absolute Gasteiger partial charge is 0.269 e. The lowest BCUT2D eigenvalue weighted by Crippen LogP contribution is -2.12. The highest BCUT2D eigenvalue weighted by molar-refractivity contribution is 5.35. The van der Waals surface area contributed by atoms with E-state index >= 15 is 0 Å². The molecule has 0 radical (unpaired) electrons. The molecule has 0 bridgehead atoms. The molecule has 0 spiro atoms. The van der Waals surface area contributed by atoms with Crippen LogP contribution in [0.5, 0.6) is 11.5 Å². The number of hydrogen-bond acceptors (Lipinski definition) is 2. The van der Waals surface area contributed by atoms with E-state index in [1.54, 1.807) is 6.92 Å². The SMILES string of the molecule is CCC(F)COc1ccc(OCC=C(F)F)c(F)c1F. The first kappa shape index (κ1) is 16.3. The maximum absolute atomic E-state index is 13.5. The van der Waals surface area contributed by atoms with E-state index in [-0.39, 0.29) is 6.42 Å². The molecule has 1 rings (SSSR count). The van der Waals surface area contributed by atoms with Crippen molar-refractivity contribution in [2.45, 2.75) is 19.5 Å². The van der Waals surface area contributed by atoms with Crippen LogP contribution in [0, 0.1) is 11.6 Å². The van der Waals surface area contributed by atoms with Gasteiger partial charge < -0.3 is 9.47 Å². The predicted molar refractivity (Wildman–Crippen MR) is 62.8 cm³/mol. The normalized spacial score (nSPS) is 11.9. The maximum atomic E-state index is 13.5. The lowest BCUT2D eigenvalue weighted by molar-refractivity contribution is 0.184. The number of benzene rings is 1. The molecule has 0 saturated carbocycles. The second kappa shape index (κ2) is 7.72. The zero-order valence-corrected chi connectivity index (χ0v) is 10.6. The van der Waals surface area contributed by atoms with Crippen molar-refractivity contribution >= 4 is 0 Å². The van der Waals surface area contributed by atoms with Gasteiger partial charge in [0.25, 0.3) is 6.08 Å². The molecule has 112 valence electrons. The van der Waals surface area contributed by atoms with E-state index in [9.17, 15) is 22.0 Å². The summed E-state index contributed by atoms with van der Waals surface area (Å²) in [7, 11) is 0. The van der Waals surface area contributed by atoms with Gasteiger partial charge in [-0.15, -0.1) is 0 Å². The van der Waals surface area contributed by atoms with Gasteiger partial charge in [-0.2, -0.15) is 17.6 Å². The van der Waals surface area contributed by atoms with Crippen LogP contribution in [0.2, 0.25) is 0 Å². The molecular formula is C13H13F5O2. The molecule has 2 nitrogen and oxygen atoms in total. The monoisotopic (exact) mass is 296 g/mol. The number of halogens is 5. The first-order valence-corrected chi connectivity index (χ1v) is 5.84. The highest BCUT2D eigenvalue weighted by atomic mass is 19.3. The van der Waals surface area contributed by atoms with Gasteiger partial charge in [-0.25, -0.2) is 4.39 Å². The number of hydrogen-bond donors (Lipinski definition) is 0. The minimum atomic E-state index is -1.99. The van der Waals surface area contributed by atoms with Crippen LogP contribution in [0.25, 0.3) is 0 Å². The Bertz CT molecular complexity index is 472. The lowest BCUT2D eigenvalue weighted by atomic mass is 10.3. The standard InChI is InChI=1S/C13H13F5O2/c1-2-8(14)7-20-10-4-3-9(12(17)13(10)18)19-6-5-11(15)16/h3-5,8H,2,6-7H2,1H3. The molecule has 0 saturated heterocycles. The Morgan fingerprint density at radius 1 is 1.15 bits per heavy atom. The Morgan fingerprint density at radius 3 is 2.20 bits per heavy atom. The van der Waals surface area contributed by atoms with Crippen molar-refractivity contribution in [2.75, 3.05) is 13.2 Å².